The van der Waals surface area contributed by atoms with E-state index in [0.717, 1.165) is 12.2 Å². The van der Waals surface area contributed by atoms with Gasteiger partial charge in [-0.3, -0.25) is 0 Å². The summed E-state index contributed by atoms with van der Waals surface area (Å²) >= 11 is 0. The molecule has 80 valence electrons. The van der Waals surface area contributed by atoms with Crippen molar-refractivity contribution in [2.75, 3.05) is 0 Å². The molecule has 0 amide bonds. The molecule has 0 bridgehead atoms. The largest absolute Gasteiger partial charge is 0.325 e. The molecule has 1 aromatic heterocycles. The zero-order chi connectivity index (χ0) is 9.80. The molecule has 0 fully saturated rings. The molecular weight excluding hydrogens is 212 g/mol. The first-order valence-electron chi connectivity index (χ1n) is 4.51. The van der Waals surface area contributed by atoms with Crippen LogP contribution in [-0.2, 0) is 13.1 Å². The van der Waals surface area contributed by atoms with Gasteiger partial charge in [-0.15, -0.1) is 17.5 Å². The van der Waals surface area contributed by atoms with Crippen LogP contribution >= 0.6 is 12.4 Å². The molecule has 0 radical (unpaired) electrons. The predicted octanol–water partition coefficient (Wildman–Crippen LogP) is 1.21. The number of hydrogen-bond acceptors (Lipinski definition) is 3. The van der Waals surface area contributed by atoms with E-state index in [1.54, 1.807) is 4.68 Å². The minimum atomic E-state index is 0. The number of halogens is 1. The highest BCUT2D eigenvalue weighted by Gasteiger charge is 1.98. The summed E-state index contributed by atoms with van der Waals surface area (Å²) < 4.78 is 1.79. The van der Waals surface area contributed by atoms with Crippen LogP contribution in [0.4, 0.5) is 0 Å². The molecule has 0 aliphatic heterocycles. The fourth-order valence-corrected chi connectivity index (χ4v) is 1.28. The highest BCUT2D eigenvalue weighted by Crippen LogP contribution is 2.01. The minimum Gasteiger partial charge on any atom is -0.325 e. The predicted molar refractivity (Wildman–Crippen MR) is 60.7 cm³/mol. The van der Waals surface area contributed by atoms with Gasteiger partial charge in [0.2, 0.25) is 0 Å². The lowest BCUT2D eigenvalue weighted by Gasteiger charge is -1.98. The molecule has 0 saturated heterocycles. The molecule has 15 heavy (non-hydrogen) atoms. The van der Waals surface area contributed by atoms with Crippen molar-refractivity contribution in [2.24, 2.45) is 5.73 Å². The summed E-state index contributed by atoms with van der Waals surface area (Å²) in [6, 6.07) is 10.1. The van der Waals surface area contributed by atoms with Crippen molar-refractivity contribution in [2.45, 2.75) is 13.1 Å². The second-order valence-electron chi connectivity index (χ2n) is 3.10. The van der Waals surface area contributed by atoms with Crippen molar-refractivity contribution in [1.82, 2.24) is 15.0 Å². The molecule has 2 aromatic rings. The Kier molecular flexibility index (Phi) is 4.27. The number of nitrogens with two attached hydrogens (primary N) is 1. The van der Waals surface area contributed by atoms with Crippen molar-refractivity contribution < 1.29 is 0 Å². The van der Waals surface area contributed by atoms with Crippen LogP contribution in [-0.4, -0.2) is 15.0 Å². The van der Waals surface area contributed by atoms with Crippen molar-refractivity contribution in [3.63, 3.8) is 0 Å². The Morgan fingerprint density at radius 1 is 1.20 bits per heavy atom. The summed E-state index contributed by atoms with van der Waals surface area (Å²) in [5.74, 6) is 0. The van der Waals surface area contributed by atoms with Crippen LogP contribution in [0.3, 0.4) is 0 Å². The van der Waals surface area contributed by atoms with Crippen molar-refractivity contribution in [3.8, 4) is 0 Å². The number of aromatic nitrogens is 3. The summed E-state index contributed by atoms with van der Waals surface area (Å²) in [6.07, 6.45) is 1.87. The number of hydrogen-bond donors (Lipinski definition) is 1. The summed E-state index contributed by atoms with van der Waals surface area (Å²) in [7, 11) is 0. The third-order valence-electron chi connectivity index (χ3n) is 1.98. The smallest absolute Gasteiger partial charge is 0.0962 e. The summed E-state index contributed by atoms with van der Waals surface area (Å²) in [5.41, 5.74) is 7.47. The van der Waals surface area contributed by atoms with Crippen molar-refractivity contribution >= 4 is 12.4 Å². The third kappa shape index (κ3) is 3.04. The average Bonchev–Trinajstić information content (AvgIpc) is 2.67. The maximum Gasteiger partial charge on any atom is 0.0962 e. The number of benzene rings is 1. The van der Waals surface area contributed by atoms with Gasteiger partial charge < -0.3 is 5.73 Å². The van der Waals surface area contributed by atoms with Crippen LogP contribution in [0, 0.1) is 0 Å². The molecule has 0 aliphatic carbocycles. The van der Waals surface area contributed by atoms with Gasteiger partial charge in [0.05, 0.1) is 18.4 Å². The minimum absolute atomic E-state index is 0. The number of nitrogens with zero attached hydrogens (tertiary/aromatic N) is 3. The van der Waals surface area contributed by atoms with E-state index in [4.69, 9.17) is 5.73 Å². The van der Waals surface area contributed by atoms with E-state index in [1.807, 2.05) is 24.4 Å². The van der Waals surface area contributed by atoms with Crippen LogP contribution in [0.25, 0.3) is 0 Å². The SMILES string of the molecule is Cl.NCc1cn(Cc2ccccc2)nn1. The lowest BCUT2D eigenvalue weighted by Crippen LogP contribution is -2.00. The third-order valence-corrected chi connectivity index (χ3v) is 1.98. The van der Waals surface area contributed by atoms with Crippen molar-refractivity contribution in [3.05, 3.63) is 47.8 Å². The molecule has 2 rings (SSSR count). The van der Waals surface area contributed by atoms with E-state index in [9.17, 15) is 0 Å². The Balaban J connectivity index is 0.00000112. The molecule has 0 atom stereocenters. The van der Waals surface area contributed by atoms with Gasteiger partial charge in [0.25, 0.3) is 0 Å². The lowest BCUT2D eigenvalue weighted by molar-refractivity contribution is 0.649. The average molecular weight is 225 g/mol. The molecule has 2 N–H and O–H groups in total. The second kappa shape index (κ2) is 5.48. The van der Waals surface area contributed by atoms with Gasteiger partial charge in [0, 0.05) is 6.54 Å². The van der Waals surface area contributed by atoms with E-state index in [0.29, 0.717) is 6.54 Å². The Hall–Kier alpha value is -1.39. The van der Waals surface area contributed by atoms with Gasteiger partial charge in [-0.1, -0.05) is 35.5 Å². The summed E-state index contributed by atoms with van der Waals surface area (Å²) in [4.78, 5) is 0. The van der Waals surface area contributed by atoms with E-state index < -0.39 is 0 Å². The maximum absolute atomic E-state index is 5.44. The van der Waals surface area contributed by atoms with Gasteiger partial charge in [0.1, 0.15) is 0 Å². The van der Waals surface area contributed by atoms with Crippen molar-refractivity contribution in [1.29, 1.82) is 0 Å². The first-order chi connectivity index (χ1) is 6.88. The Bertz CT molecular complexity index is 399. The highest BCUT2D eigenvalue weighted by molar-refractivity contribution is 5.85. The highest BCUT2D eigenvalue weighted by atomic mass is 35.5. The van der Waals surface area contributed by atoms with Gasteiger partial charge in [-0.25, -0.2) is 4.68 Å². The number of rotatable bonds is 3. The van der Waals surface area contributed by atoms with E-state index in [1.165, 1.54) is 5.56 Å². The van der Waals surface area contributed by atoms with Gasteiger partial charge >= 0.3 is 0 Å². The Morgan fingerprint density at radius 3 is 2.53 bits per heavy atom. The quantitative estimate of drug-likeness (QED) is 0.853. The van der Waals surface area contributed by atoms with Crippen LogP contribution in [0.2, 0.25) is 0 Å². The zero-order valence-electron chi connectivity index (χ0n) is 8.21. The Labute approximate surface area is 94.5 Å². The molecule has 1 heterocycles. The second-order valence-corrected chi connectivity index (χ2v) is 3.10. The normalized spacial score (nSPS) is 9.67. The van der Waals surface area contributed by atoms with E-state index >= 15 is 0 Å². The first kappa shape index (κ1) is 11.7. The molecular formula is C10H13ClN4. The molecule has 0 spiro atoms. The summed E-state index contributed by atoms with van der Waals surface area (Å²) in [5, 5.41) is 7.89. The first-order valence-corrected chi connectivity index (χ1v) is 4.51. The fraction of sp³-hybridized carbons (Fsp3) is 0.200. The summed E-state index contributed by atoms with van der Waals surface area (Å²) in [6.45, 7) is 1.18. The van der Waals surface area contributed by atoms with Crippen LogP contribution in [0.15, 0.2) is 36.5 Å². The lowest BCUT2D eigenvalue weighted by atomic mass is 10.2. The standard InChI is InChI=1S/C10H12N4.ClH/c11-6-10-8-14(13-12-10)7-9-4-2-1-3-5-9;/h1-5,8H,6-7,11H2;1H. The molecule has 1 aromatic carbocycles. The van der Waals surface area contributed by atoms with Crippen LogP contribution in [0.1, 0.15) is 11.3 Å². The Morgan fingerprint density at radius 2 is 1.93 bits per heavy atom. The zero-order valence-corrected chi connectivity index (χ0v) is 9.02. The van der Waals surface area contributed by atoms with Crippen LogP contribution in [0.5, 0.6) is 0 Å². The molecule has 4 nitrogen and oxygen atoms in total. The van der Waals surface area contributed by atoms with E-state index in [-0.39, 0.29) is 12.4 Å². The van der Waals surface area contributed by atoms with Gasteiger partial charge in [0.15, 0.2) is 0 Å². The van der Waals surface area contributed by atoms with E-state index in [2.05, 4.69) is 22.4 Å². The molecule has 0 aliphatic rings. The molecule has 0 unspecified atom stereocenters. The molecule has 5 heteroatoms. The molecule has 0 saturated carbocycles. The topological polar surface area (TPSA) is 56.7 Å². The van der Waals surface area contributed by atoms with Gasteiger partial charge in [-0.2, -0.15) is 0 Å². The maximum atomic E-state index is 5.44. The van der Waals surface area contributed by atoms with Crippen LogP contribution < -0.4 is 5.73 Å². The van der Waals surface area contributed by atoms with Gasteiger partial charge in [-0.05, 0) is 5.56 Å². The fourth-order valence-electron chi connectivity index (χ4n) is 1.28. The monoisotopic (exact) mass is 224 g/mol.